The van der Waals surface area contributed by atoms with E-state index in [1.165, 1.54) is 25.5 Å². The summed E-state index contributed by atoms with van der Waals surface area (Å²) in [4.78, 5) is 13.6. The summed E-state index contributed by atoms with van der Waals surface area (Å²) in [5, 5.41) is 15.2. The number of hydrogen-bond donors (Lipinski definition) is 1. The number of fused-ring (bicyclic) bond motifs is 1. The van der Waals surface area contributed by atoms with Crippen LogP contribution in [-0.2, 0) is 0 Å². The minimum absolute atomic E-state index is 0.221. The fourth-order valence-corrected chi connectivity index (χ4v) is 2.73. The van der Waals surface area contributed by atoms with Crippen LogP contribution in [0.25, 0.3) is 0 Å². The van der Waals surface area contributed by atoms with Gasteiger partial charge >= 0.3 is 7.05 Å². The molecular weight excluding hydrogens is 338 g/mol. The fraction of sp³-hybridized carbons (Fsp3) is 0.0667. The number of nitrogens with zero attached hydrogens (tertiary/aromatic N) is 2. The molecule has 2 aromatic rings. The predicted octanol–water partition coefficient (Wildman–Crippen LogP) is 2.18. The van der Waals surface area contributed by atoms with E-state index in [0.29, 0.717) is 21.8 Å². The van der Waals surface area contributed by atoms with Gasteiger partial charge in [-0.2, -0.15) is 5.10 Å². The first-order valence-corrected chi connectivity index (χ1v) is 7.45. The van der Waals surface area contributed by atoms with Gasteiger partial charge < -0.3 is 9.76 Å². The van der Waals surface area contributed by atoms with Gasteiger partial charge in [-0.05, 0) is 41.4 Å². The van der Waals surface area contributed by atoms with E-state index in [0.717, 1.165) is 4.92 Å². The van der Waals surface area contributed by atoms with Crippen LogP contribution >= 0.6 is 23.2 Å². The van der Waals surface area contributed by atoms with Crippen LogP contribution in [0.5, 0.6) is 5.75 Å². The van der Waals surface area contributed by atoms with Crippen molar-refractivity contribution >= 4 is 47.8 Å². The Kier molecular flexibility index (Phi) is 4.30. The van der Waals surface area contributed by atoms with Crippen LogP contribution in [0.2, 0.25) is 10.0 Å². The topological polar surface area (TPSA) is 62.1 Å². The van der Waals surface area contributed by atoms with E-state index in [-0.39, 0.29) is 10.6 Å². The molecule has 0 saturated carbocycles. The lowest BCUT2D eigenvalue weighted by molar-refractivity contribution is 0.0846. The van der Waals surface area contributed by atoms with Crippen LogP contribution in [0.15, 0.2) is 41.5 Å². The van der Waals surface area contributed by atoms with Crippen molar-refractivity contribution in [2.45, 2.75) is 0 Å². The summed E-state index contributed by atoms with van der Waals surface area (Å²) in [6, 6.07) is 9.65. The lowest BCUT2D eigenvalue weighted by Crippen LogP contribution is -2.52. The van der Waals surface area contributed by atoms with Crippen molar-refractivity contribution < 1.29 is 14.6 Å². The smallest absolute Gasteiger partial charge is 0.474 e. The highest BCUT2D eigenvalue weighted by Gasteiger charge is 2.34. The van der Waals surface area contributed by atoms with E-state index >= 15 is 0 Å². The summed E-state index contributed by atoms with van der Waals surface area (Å²) in [7, 11) is 0.298. The molecule has 0 bridgehead atoms. The van der Waals surface area contributed by atoms with Gasteiger partial charge in [-0.25, -0.2) is 4.92 Å². The normalized spacial score (nSPS) is 13.0. The van der Waals surface area contributed by atoms with E-state index in [9.17, 15) is 9.82 Å². The Bertz CT molecular complexity index is 813. The molecule has 5 nitrogen and oxygen atoms in total. The minimum atomic E-state index is -1.21. The van der Waals surface area contributed by atoms with Gasteiger partial charge in [-0.15, -0.1) is 0 Å². The van der Waals surface area contributed by atoms with Crippen molar-refractivity contribution in [2.75, 3.05) is 7.11 Å². The number of amides is 1. The molecule has 2 aromatic carbocycles. The number of rotatable bonds is 2. The summed E-state index contributed by atoms with van der Waals surface area (Å²) in [5.41, 5.74) is 1.43. The summed E-state index contributed by atoms with van der Waals surface area (Å²) in [5.74, 6) is 0.0243. The highest BCUT2D eigenvalue weighted by atomic mass is 35.5. The lowest BCUT2D eigenvalue weighted by Gasteiger charge is -2.25. The fourth-order valence-electron chi connectivity index (χ4n) is 2.30. The largest absolute Gasteiger partial charge is 0.497 e. The summed E-state index contributed by atoms with van der Waals surface area (Å²) < 4.78 is 5.05. The van der Waals surface area contributed by atoms with Gasteiger partial charge in [0.2, 0.25) is 0 Å². The Labute approximate surface area is 143 Å². The zero-order valence-corrected chi connectivity index (χ0v) is 13.5. The predicted molar refractivity (Wildman–Crippen MR) is 90.8 cm³/mol. The van der Waals surface area contributed by atoms with Crippen LogP contribution in [0.1, 0.15) is 15.9 Å². The van der Waals surface area contributed by atoms with Gasteiger partial charge in [0.05, 0.1) is 23.9 Å². The maximum Gasteiger partial charge on any atom is 0.474 e. The number of carbonyl (C=O) groups excluding carboxylic acids is 1. The van der Waals surface area contributed by atoms with Crippen molar-refractivity contribution in [3.05, 3.63) is 57.6 Å². The highest BCUT2D eigenvalue weighted by Crippen LogP contribution is 2.24. The van der Waals surface area contributed by atoms with Crippen LogP contribution < -0.4 is 10.2 Å². The Morgan fingerprint density at radius 3 is 2.74 bits per heavy atom. The molecule has 0 atom stereocenters. The molecule has 0 saturated heterocycles. The average molecular weight is 349 g/mol. The summed E-state index contributed by atoms with van der Waals surface area (Å²) in [6.07, 6.45) is 1.48. The van der Waals surface area contributed by atoms with Gasteiger partial charge in [0, 0.05) is 5.02 Å². The molecular formula is C15H11BCl2N2O3. The number of benzene rings is 2. The second kappa shape index (κ2) is 6.24. The summed E-state index contributed by atoms with van der Waals surface area (Å²) in [6.45, 7) is 0. The molecule has 0 fully saturated rings. The second-order valence-electron chi connectivity index (χ2n) is 4.89. The zero-order valence-electron chi connectivity index (χ0n) is 12.0. The van der Waals surface area contributed by atoms with Gasteiger partial charge in [-0.1, -0.05) is 29.3 Å². The monoisotopic (exact) mass is 348 g/mol. The first-order valence-electron chi connectivity index (χ1n) is 6.70. The van der Waals surface area contributed by atoms with Gasteiger partial charge in [-0.3, -0.25) is 4.79 Å². The quantitative estimate of drug-likeness (QED) is 0.846. The maximum absolute atomic E-state index is 12.6. The first-order chi connectivity index (χ1) is 11.0. The van der Waals surface area contributed by atoms with E-state index in [1.54, 1.807) is 24.3 Å². The average Bonchev–Trinajstić information content (AvgIpc) is 2.54. The van der Waals surface area contributed by atoms with Crippen molar-refractivity contribution in [2.24, 2.45) is 5.10 Å². The molecule has 3 rings (SSSR count). The Hall–Kier alpha value is -2.02. The third-order valence-corrected chi connectivity index (χ3v) is 4.04. The number of hydrazone groups is 1. The highest BCUT2D eigenvalue weighted by molar-refractivity contribution is 6.68. The van der Waals surface area contributed by atoms with E-state index in [1.807, 2.05) is 0 Å². The Balaban J connectivity index is 1.94. The van der Waals surface area contributed by atoms with Gasteiger partial charge in [0.1, 0.15) is 5.75 Å². The number of ether oxygens (including phenoxy) is 1. The summed E-state index contributed by atoms with van der Waals surface area (Å²) >= 11 is 12.0. The number of hydrogen-bond acceptors (Lipinski definition) is 4. The molecule has 8 heteroatoms. The van der Waals surface area contributed by atoms with Crippen LogP contribution in [-0.4, -0.2) is 36.2 Å². The molecule has 0 radical (unpaired) electrons. The molecule has 23 heavy (non-hydrogen) atoms. The molecule has 1 heterocycles. The number of carbonyl (C=O) groups is 1. The van der Waals surface area contributed by atoms with E-state index in [2.05, 4.69) is 5.10 Å². The molecule has 0 aromatic heterocycles. The molecule has 0 aliphatic carbocycles. The Morgan fingerprint density at radius 1 is 1.26 bits per heavy atom. The second-order valence-corrected chi connectivity index (χ2v) is 5.73. The molecule has 1 aliphatic heterocycles. The molecule has 0 spiro atoms. The Morgan fingerprint density at radius 2 is 2.04 bits per heavy atom. The van der Waals surface area contributed by atoms with E-state index in [4.69, 9.17) is 27.9 Å². The van der Waals surface area contributed by atoms with Crippen LogP contribution in [0.3, 0.4) is 0 Å². The standard InChI is InChI=1S/C15H11BCl2N2O3/c1-23-11-3-4-12(14(18)7-11)15(21)20-16(22)13-5-2-10(17)6-9(13)8-19-20/h2-8,22H,1H3. The molecule has 1 N–H and O–H groups in total. The molecule has 1 amide bonds. The SMILES string of the molecule is COc1ccc(C(=O)N2N=Cc3cc(Cl)ccc3B2O)c(Cl)c1. The van der Waals surface area contributed by atoms with Crippen molar-refractivity contribution in [1.82, 2.24) is 4.92 Å². The van der Waals surface area contributed by atoms with Crippen molar-refractivity contribution in [3.8, 4) is 5.75 Å². The van der Waals surface area contributed by atoms with E-state index < -0.39 is 13.0 Å². The maximum atomic E-state index is 12.6. The molecule has 0 unspecified atom stereocenters. The number of methoxy groups -OCH3 is 1. The third kappa shape index (κ3) is 2.93. The van der Waals surface area contributed by atoms with Gasteiger partial charge in [0.25, 0.3) is 5.91 Å². The zero-order chi connectivity index (χ0) is 16.6. The third-order valence-electron chi connectivity index (χ3n) is 3.49. The molecule has 116 valence electrons. The van der Waals surface area contributed by atoms with Gasteiger partial charge in [0.15, 0.2) is 0 Å². The lowest BCUT2D eigenvalue weighted by atomic mass is 9.69. The first kappa shape index (κ1) is 15.9. The molecule has 1 aliphatic rings. The van der Waals surface area contributed by atoms with Crippen LogP contribution in [0, 0.1) is 0 Å². The number of halogens is 2. The van der Waals surface area contributed by atoms with Crippen LogP contribution in [0.4, 0.5) is 0 Å². The van der Waals surface area contributed by atoms with Crippen molar-refractivity contribution in [1.29, 1.82) is 0 Å². The van der Waals surface area contributed by atoms with Crippen molar-refractivity contribution in [3.63, 3.8) is 0 Å². The minimum Gasteiger partial charge on any atom is -0.497 e.